The van der Waals surface area contributed by atoms with Crippen molar-refractivity contribution >= 4 is 17.2 Å². The van der Waals surface area contributed by atoms with Gasteiger partial charge in [-0.1, -0.05) is 42.5 Å². The van der Waals surface area contributed by atoms with Crippen molar-refractivity contribution in [1.82, 2.24) is 9.97 Å². The lowest BCUT2D eigenvalue weighted by atomic mass is 10.1. The summed E-state index contributed by atoms with van der Waals surface area (Å²) in [5, 5.41) is 0. The van der Waals surface area contributed by atoms with Gasteiger partial charge in [0.1, 0.15) is 5.82 Å². The van der Waals surface area contributed by atoms with Gasteiger partial charge in [0.05, 0.1) is 23.3 Å². The highest BCUT2D eigenvalue weighted by atomic mass is 14.9. The van der Waals surface area contributed by atoms with E-state index in [1.165, 1.54) is 5.56 Å². The quantitative estimate of drug-likeness (QED) is 0.706. The van der Waals surface area contributed by atoms with E-state index in [2.05, 4.69) is 34.0 Å². The minimum absolute atomic E-state index is 0.134. The molecule has 1 heterocycles. The summed E-state index contributed by atoms with van der Waals surface area (Å²) in [5.74, 6) is 0.795. The predicted octanol–water partition coefficient (Wildman–Crippen LogP) is 3.74. The first-order chi connectivity index (χ1) is 9.33. The van der Waals surface area contributed by atoms with Gasteiger partial charge in [-0.3, -0.25) is 4.99 Å². The van der Waals surface area contributed by atoms with Crippen molar-refractivity contribution < 1.29 is 0 Å². The van der Waals surface area contributed by atoms with Crippen molar-refractivity contribution in [3.63, 3.8) is 0 Å². The number of para-hydroxylation sites is 2. The van der Waals surface area contributed by atoms with E-state index >= 15 is 0 Å². The van der Waals surface area contributed by atoms with Gasteiger partial charge in [0.15, 0.2) is 0 Å². The van der Waals surface area contributed by atoms with Crippen LogP contribution in [-0.2, 0) is 0 Å². The molecule has 2 aromatic carbocycles. The summed E-state index contributed by atoms with van der Waals surface area (Å²) in [7, 11) is 0. The summed E-state index contributed by atoms with van der Waals surface area (Å²) < 4.78 is 0. The van der Waals surface area contributed by atoms with E-state index in [4.69, 9.17) is 0 Å². The Morgan fingerprint density at radius 2 is 1.79 bits per heavy atom. The molecule has 0 radical (unpaired) electrons. The third-order valence-electron chi connectivity index (χ3n) is 3.11. The molecular weight excluding hydrogens is 234 g/mol. The van der Waals surface area contributed by atoms with Crippen LogP contribution < -0.4 is 0 Å². The summed E-state index contributed by atoms with van der Waals surface area (Å²) in [6.07, 6.45) is 1.80. The molecule has 0 saturated carbocycles. The van der Waals surface area contributed by atoms with Gasteiger partial charge in [0.2, 0.25) is 0 Å². The Hall–Kier alpha value is -2.42. The van der Waals surface area contributed by atoms with Gasteiger partial charge in [-0.15, -0.1) is 0 Å². The first-order valence-electron chi connectivity index (χ1n) is 6.36. The molecule has 0 saturated heterocycles. The largest absolute Gasteiger partial charge is 0.337 e. The predicted molar refractivity (Wildman–Crippen MR) is 78.5 cm³/mol. The molecule has 1 atom stereocenters. The van der Waals surface area contributed by atoms with Crippen molar-refractivity contribution in [2.45, 2.75) is 13.0 Å². The molecule has 0 spiro atoms. The van der Waals surface area contributed by atoms with Gasteiger partial charge in [-0.25, -0.2) is 4.98 Å². The van der Waals surface area contributed by atoms with Gasteiger partial charge >= 0.3 is 0 Å². The molecule has 0 aliphatic rings. The van der Waals surface area contributed by atoms with E-state index < -0.39 is 0 Å². The lowest BCUT2D eigenvalue weighted by molar-refractivity contribution is 0.824. The van der Waals surface area contributed by atoms with Gasteiger partial charge in [0.25, 0.3) is 0 Å². The zero-order valence-corrected chi connectivity index (χ0v) is 10.7. The van der Waals surface area contributed by atoms with Gasteiger partial charge in [-0.2, -0.15) is 0 Å². The van der Waals surface area contributed by atoms with Gasteiger partial charge in [0, 0.05) is 0 Å². The number of H-pyrrole nitrogens is 1. The zero-order valence-electron chi connectivity index (χ0n) is 10.7. The van der Waals surface area contributed by atoms with E-state index in [9.17, 15) is 0 Å². The standard InChI is InChI=1S/C16H15N3/c1-12(13-7-3-2-4-8-13)17-11-16-18-14-9-5-6-10-15(14)19-16/h2-12H,1H3,(H,18,19)/b17-11+. The first-order valence-corrected chi connectivity index (χ1v) is 6.36. The number of fused-ring (bicyclic) bond motifs is 1. The maximum atomic E-state index is 4.54. The molecular formula is C16H15N3. The van der Waals surface area contributed by atoms with Crippen LogP contribution in [0.1, 0.15) is 24.4 Å². The average molecular weight is 249 g/mol. The van der Waals surface area contributed by atoms with E-state index in [0.717, 1.165) is 16.9 Å². The summed E-state index contributed by atoms with van der Waals surface area (Å²) in [4.78, 5) is 12.3. The maximum absolute atomic E-state index is 4.54. The number of hydrogen-bond donors (Lipinski definition) is 1. The average Bonchev–Trinajstić information content (AvgIpc) is 2.88. The second-order valence-electron chi connectivity index (χ2n) is 4.50. The molecule has 3 aromatic rings. The zero-order chi connectivity index (χ0) is 13.1. The highest BCUT2D eigenvalue weighted by molar-refractivity contribution is 5.83. The van der Waals surface area contributed by atoms with Crippen LogP contribution >= 0.6 is 0 Å². The smallest absolute Gasteiger partial charge is 0.149 e. The van der Waals surface area contributed by atoms with E-state index in [-0.39, 0.29) is 6.04 Å². The molecule has 0 amide bonds. The molecule has 0 aliphatic heterocycles. The number of aromatic nitrogens is 2. The second-order valence-corrected chi connectivity index (χ2v) is 4.50. The normalized spacial score (nSPS) is 13.1. The van der Waals surface area contributed by atoms with Crippen LogP contribution in [0.5, 0.6) is 0 Å². The highest BCUT2D eigenvalue weighted by Crippen LogP contribution is 2.16. The van der Waals surface area contributed by atoms with Gasteiger partial charge < -0.3 is 4.98 Å². The number of aliphatic imine (C=N–C) groups is 1. The van der Waals surface area contributed by atoms with E-state index in [1.807, 2.05) is 42.5 Å². The Morgan fingerprint density at radius 3 is 2.58 bits per heavy atom. The maximum Gasteiger partial charge on any atom is 0.149 e. The van der Waals surface area contributed by atoms with Crippen LogP contribution in [0.25, 0.3) is 11.0 Å². The molecule has 1 N–H and O–H groups in total. The fraction of sp³-hybridized carbons (Fsp3) is 0.125. The van der Waals surface area contributed by atoms with Crippen molar-refractivity contribution in [2.24, 2.45) is 4.99 Å². The molecule has 3 rings (SSSR count). The van der Waals surface area contributed by atoms with Crippen LogP contribution in [0, 0.1) is 0 Å². The number of nitrogens with zero attached hydrogens (tertiary/aromatic N) is 2. The lowest BCUT2D eigenvalue weighted by Crippen LogP contribution is -1.91. The van der Waals surface area contributed by atoms with Crippen molar-refractivity contribution in [3.05, 3.63) is 66.0 Å². The van der Waals surface area contributed by atoms with Crippen LogP contribution in [0.15, 0.2) is 59.6 Å². The molecule has 1 unspecified atom stereocenters. The number of nitrogens with one attached hydrogen (secondary N) is 1. The number of imidazole rings is 1. The topological polar surface area (TPSA) is 41.0 Å². The van der Waals surface area contributed by atoms with E-state index in [0.29, 0.717) is 0 Å². The number of benzene rings is 2. The number of hydrogen-bond acceptors (Lipinski definition) is 2. The van der Waals surface area contributed by atoms with E-state index in [1.54, 1.807) is 6.21 Å². The lowest BCUT2D eigenvalue weighted by Gasteiger charge is -2.04. The van der Waals surface area contributed by atoms with Crippen LogP contribution in [0.4, 0.5) is 0 Å². The van der Waals surface area contributed by atoms with Gasteiger partial charge in [-0.05, 0) is 24.6 Å². The van der Waals surface area contributed by atoms with Crippen molar-refractivity contribution in [1.29, 1.82) is 0 Å². The fourth-order valence-electron chi connectivity index (χ4n) is 2.03. The minimum atomic E-state index is 0.134. The third kappa shape index (κ3) is 2.55. The Bertz CT molecular complexity index is 665. The number of aromatic amines is 1. The SMILES string of the molecule is CC(/N=C/c1nc2ccccc2[nH]1)c1ccccc1. The Balaban J connectivity index is 1.82. The number of rotatable bonds is 3. The molecule has 0 aliphatic carbocycles. The molecule has 3 heteroatoms. The summed E-state index contributed by atoms with van der Waals surface area (Å²) >= 11 is 0. The summed E-state index contributed by atoms with van der Waals surface area (Å²) in [6.45, 7) is 2.08. The highest BCUT2D eigenvalue weighted by Gasteiger charge is 2.02. The molecule has 19 heavy (non-hydrogen) atoms. The Kier molecular flexibility index (Phi) is 3.11. The molecule has 0 bridgehead atoms. The van der Waals surface area contributed by atoms with Crippen LogP contribution in [0.3, 0.4) is 0 Å². The van der Waals surface area contributed by atoms with Crippen molar-refractivity contribution in [2.75, 3.05) is 0 Å². The Morgan fingerprint density at radius 1 is 1.05 bits per heavy atom. The first kappa shape index (κ1) is 11.7. The molecule has 1 aromatic heterocycles. The third-order valence-corrected chi connectivity index (χ3v) is 3.11. The monoisotopic (exact) mass is 249 g/mol. The van der Waals surface area contributed by atoms with Crippen LogP contribution in [0.2, 0.25) is 0 Å². The van der Waals surface area contributed by atoms with Crippen molar-refractivity contribution in [3.8, 4) is 0 Å². The summed E-state index contributed by atoms with van der Waals surface area (Å²) in [6, 6.07) is 18.4. The summed E-state index contributed by atoms with van der Waals surface area (Å²) in [5.41, 5.74) is 3.21. The second kappa shape index (κ2) is 5.06. The molecule has 94 valence electrons. The molecule has 3 nitrogen and oxygen atoms in total. The van der Waals surface area contributed by atoms with Crippen LogP contribution in [-0.4, -0.2) is 16.2 Å². The fourth-order valence-corrected chi connectivity index (χ4v) is 2.03. The Labute approximate surface area is 112 Å². The minimum Gasteiger partial charge on any atom is -0.337 e. The molecule has 0 fully saturated rings.